The smallest absolute Gasteiger partial charge is 0.0349 e. The van der Waals surface area contributed by atoms with Crippen LogP contribution in [0.25, 0.3) is 76.8 Å². The van der Waals surface area contributed by atoms with Crippen molar-refractivity contribution < 1.29 is 0 Å². The molecule has 0 fully saturated rings. The highest BCUT2D eigenvalue weighted by atomic mass is 14.6. The molecule has 1 heteroatoms. The molecule has 45 heavy (non-hydrogen) atoms. The number of pyridine rings is 1. The lowest BCUT2D eigenvalue weighted by atomic mass is 9.83. The SMILES string of the molecule is Cc1ccncc1-c1ccc(-c2c3ccccc3c(-c3cccc4c(-c5c(C)cccc5C)cccc34)c3ccccc23)cc1. The van der Waals surface area contributed by atoms with Gasteiger partial charge in [-0.15, -0.1) is 0 Å². The van der Waals surface area contributed by atoms with Crippen molar-refractivity contribution in [2.45, 2.75) is 20.8 Å². The Hall–Kier alpha value is -5.53. The van der Waals surface area contributed by atoms with Gasteiger partial charge in [0.15, 0.2) is 0 Å². The summed E-state index contributed by atoms with van der Waals surface area (Å²) in [6.07, 6.45) is 3.81. The van der Waals surface area contributed by atoms with E-state index in [9.17, 15) is 0 Å². The van der Waals surface area contributed by atoms with E-state index in [4.69, 9.17) is 0 Å². The molecule has 0 unspecified atom stereocenters. The van der Waals surface area contributed by atoms with E-state index in [1.54, 1.807) is 0 Å². The first-order chi connectivity index (χ1) is 22.1. The second kappa shape index (κ2) is 10.9. The van der Waals surface area contributed by atoms with Gasteiger partial charge < -0.3 is 0 Å². The average molecular weight is 576 g/mol. The minimum absolute atomic E-state index is 1.17. The molecule has 0 atom stereocenters. The number of hydrogen-bond donors (Lipinski definition) is 0. The summed E-state index contributed by atoms with van der Waals surface area (Å²) in [6.45, 7) is 6.58. The van der Waals surface area contributed by atoms with Crippen molar-refractivity contribution in [1.82, 2.24) is 4.98 Å². The third kappa shape index (κ3) is 4.43. The highest BCUT2D eigenvalue weighted by Gasteiger charge is 2.19. The van der Waals surface area contributed by atoms with Crippen LogP contribution in [-0.2, 0) is 0 Å². The van der Waals surface area contributed by atoms with Crippen molar-refractivity contribution >= 4 is 32.3 Å². The van der Waals surface area contributed by atoms with Crippen molar-refractivity contribution in [3.8, 4) is 44.5 Å². The molecule has 0 aliphatic heterocycles. The number of aromatic nitrogens is 1. The van der Waals surface area contributed by atoms with Crippen LogP contribution in [0, 0.1) is 20.8 Å². The van der Waals surface area contributed by atoms with E-state index in [-0.39, 0.29) is 0 Å². The van der Waals surface area contributed by atoms with Gasteiger partial charge in [-0.1, -0.05) is 127 Å². The van der Waals surface area contributed by atoms with Crippen LogP contribution in [0.1, 0.15) is 16.7 Å². The molecule has 214 valence electrons. The molecule has 0 aliphatic rings. The van der Waals surface area contributed by atoms with E-state index in [0.717, 1.165) is 0 Å². The minimum Gasteiger partial charge on any atom is -0.264 e. The van der Waals surface area contributed by atoms with E-state index in [2.05, 4.69) is 159 Å². The molecule has 7 aromatic carbocycles. The summed E-state index contributed by atoms with van der Waals surface area (Å²) in [5.41, 5.74) is 13.9. The van der Waals surface area contributed by atoms with Crippen LogP contribution < -0.4 is 0 Å². The van der Waals surface area contributed by atoms with E-state index in [1.165, 1.54) is 93.5 Å². The van der Waals surface area contributed by atoms with Gasteiger partial charge in [0.05, 0.1) is 0 Å². The van der Waals surface area contributed by atoms with Crippen LogP contribution in [0.3, 0.4) is 0 Å². The Balaban J connectivity index is 1.40. The lowest BCUT2D eigenvalue weighted by molar-refractivity contribution is 1.29. The number of rotatable bonds is 4. The zero-order valence-electron chi connectivity index (χ0n) is 25.8. The van der Waals surface area contributed by atoms with Crippen LogP contribution >= 0.6 is 0 Å². The van der Waals surface area contributed by atoms with E-state index in [1.807, 2.05) is 12.4 Å². The fourth-order valence-electron chi connectivity index (χ4n) is 7.30. The summed E-state index contributed by atoms with van der Waals surface area (Å²) in [5.74, 6) is 0. The predicted molar refractivity (Wildman–Crippen MR) is 193 cm³/mol. The molecule has 0 saturated carbocycles. The van der Waals surface area contributed by atoms with Crippen LogP contribution in [-0.4, -0.2) is 4.98 Å². The Morgan fingerprint density at radius 1 is 0.333 bits per heavy atom. The highest BCUT2D eigenvalue weighted by molar-refractivity contribution is 6.24. The second-order valence-corrected chi connectivity index (χ2v) is 12.1. The molecular formula is C44H33N. The molecule has 0 N–H and O–H groups in total. The summed E-state index contributed by atoms with van der Waals surface area (Å²) < 4.78 is 0. The molecule has 0 radical (unpaired) electrons. The predicted octanol–water partition coefficient (Wildman–Crippen LogP) is 12.1. The summed E-state index contributed by atoms with van der Waals surface area (Å²) in [6, 6.07) is 49.1. The summed E-state index contributed by atoms with van der Waals surface area (Å²) >= 11 is 0. The first kappa shape index (κ1) is 27.0. The van der Waals surface area contributed by atoms with Gasteiger partial charge in [-0.2, -0.15) is 0 Å². The van der Waals surface area contributed by atoms with Gasteiger partial charge in [0.1, 0.15) is 0 Å². The monoisotopic (exact) mass is 575 g/mol. The molecule has 0 saturated heterocycles. The van der Waals surface area contributed by atoms with Gasteiger partial charge in [0, 0.05) is 18.0 Å². The number of nitrogens with zero attached hydrogens (tertiary/aromatic N) is 1. The molecule has 1 nitrogen and oxygen atoms in total. The maximum absolute atomic E-state index is 4.38. The Kier molecular flexibility index (Phi) is 6.54. The minimum atomic E-state index is 1.17. The lowest BCUT2D eigenvalue weighted by Crippen LogP contribution is -1.93. The van der Waals surface area contributed by atoms with Gasteiger partial charge in [-0.05, 0) is 115 Å². The van der Waals surface area contributed by atoms with Crippen molar-refractivity contribution in [3.05, 3.63) is 163 Å². The third-order valence-electron chi connectivity index (χ3n) is 9.40. The highest BCUT2D eigenvalue weighted by Crippen LogP contribution is 2.46. The number of benzene rings is 7. The quantitative estimate of drug-likeness (QED) is 0.190. The number of hydrogen-bond acceptors (Lipinski definition) is 1. The zero-order valence-corrected chi connectivity index (χ0v) is 25.8. The van der Waals surface area contributed by atoms with E-state index < -0.39 is 0 Å². The largest absolute Gasteiger partial charge is 0.264 e. The molecule has 1 aromatic heterocycles. The normalized spacial score (nSPS) is 11.4. The van der Waals surface area contributed by atoms with Crippen molar-refractivity contribution in [2.24, 2.45) is 0 Å². The molecule has 8 rings (SSSR count). The van der Waals surface area contributed by atoms with Gasteiger partial charge in [-0.3, -0.25) is 4.98 Å². The topological polar surface area (TPSA) is 12.9 Å². The molecule has 8 aromatic rings. The zero-order chi connectivity index (χ0) is 30.5. The van der Waals surface area contributed by atoms with Crippen LogP contribution in [0.15, 0.2) is 146 Å². The molecule has 0 spiro atoms. The molecule has 0 aliphatic carbocycles. The van der Waals surface area contributed by atoms with Gasteiger partial charge in [0.2, 0.25) is 0 Å². The van der Waals surface area contributed by atoms with Gasteiger partial charge in [-0.25, -0.2) is 0 Å². The van der Waals surface area contributed by atoms with Gasteiger partial charge in [0.25, 0.3) is 0 Å². The fraction of sp³-hybridized carbons (Fsp3) is 0.0682. The maximum Gasteiger partial charge on any atom is 0.0349 e. The Labute approximate surface area is 264 Å². The average Bonchev–Trinajstić information content (AvgIpc) is 3.07. The third-order valence-corrected chi connectivity index (χ3v) is 9.40. The molecule has 0 bridgehead atoms. The van der Waals surface area contributed by atoms with Gasteiger partial charge >= 0.3 is 0 Å². The van der Waals surface area contributed by atoms with E-state index in [0.29, 0.717) is 0 Å². The van der Waals surface area contributed by atoms with Crippen LogP contribution in [0.4, 0.5) is 0 Å². The number of aryl methyl sites for hydroxylation is 3. The fourth-order valence-corrected chi connectivity index (χ4v) is 7.30. The Morgan fingerprint density at radius 3 is 1.36 bits per heavy atom. The maximum atomic E-state index is 4.38. The van der Waals surface area contributed by atoms with Crippen molar-refractivity contribution in [2.75, 3.05) is 0 Å². The second-order valence-electron chi connectivity index (χ2n) is 12.1. The summed E-state index contributed by atoms with van der Waals surface area (Å²) in [7, 11) is 0. The Morgan fingerprint density at radius 2 is 0.800 bits per heavy atom. The standard InChI is InChI=1S/C44H33N/c1-28-25-26-45-27-41(28)31-21-23-32(24-22-31)43-37-13-4-6-15-39(37)44(40-16-7-5-14-38(40)43)36-20-10-17-33-34(36)18-9-19-35(33)42-29(2)11-8-12-30(42)3/h4-27H,1-3H3. The lowest BCUT2D eigenvalue weighted by Gasteiger charge is -2.20. The van der Waals surface area contributed by atoms with Crippen LogP contribution in [0.2, 0.25) is 0 Å². The van der Waals surface area contributed by atoms with Crippen molar-refractivity contribution in [3.63, 3.8) is 0 Å². The first-order valence-electron chi connectivity index (χ1n) is 15.6. The summed E-state index contributed by atoms with van der Waals surface area (Å²) in [4.78, 5) is 4.38. The van der Waals surface area contributed by atoms with E-state index >= 15 is 0 Å². The Bertz CT molecular complexity index is 2320. The summed E-state index contributed by atoms with van der Waals surface area (Å²) in [5, 5.41) is 7.62. The van der Waals surface area contributed by atoms with Crippen LogP contribution in [0.5, 0.6) is 0 Å². The molecule has 0 amide bonds. The molecule has 1 heterocycles. The van der Waals surface area contributed by atoms with Crippen molar-refractivity contribution in [1.29, 1.82) is 0 Å². The first-order valence-corrected chi connectivity index (χ1v) is 15.6. The molecular weight excluding hydrogens is 542 g/mol. The number of fused-ring (bicyclic) bond motifs is 3.